The van der Waals surface area contributed by atoms with Gasteiger partial charge >= 0.3 is 0 Å². The Morgan fingerprint density at radius 2 is 1.85 bits per heavy atom. The molecule has 8 nitrogen and oxygen atoms in total. The van der Waals surface area contributed by atoms with Crippen LogP contribution in [0.25, 0.3) is 0 Å². The number of phenolic OH excluding ortho intramolecular Hbond substituents is 1. The molecule has 0 bridgehead atoms. The highest BCUT2D eigenvalue weighted by atomic mass is 16.3. The van der Waals surface area contributed by atoms with Crippen molar-refractivity contribution in [2.45, 2.75) is 33.2 Å². The van der Waals surface area contributed by atoms with Crippen molar-refractivity contribution in [3.8, 4) is 5.75 Å². The van der Waals surface area contributed by atoms with Gasteiger partial charge in [0.2, 0.25) is 5.91 Å². The molecule has 1 rings (SSSR count). The van der Waals surface area contributed by atoms with Gasteiger partial charge in [-0.05, 0) is 39.8 Å². The predicted octanol–water partition coefficient (Wildman–Crippen LogP) is 0.934. The molecule has 0 heterocycles. The van der Waals surface area contributed by atoms with Gasteiger partial charge in [0.1, 0.15) is 5.75 Å². The number of guanidine groups is 1. The van der Waals surface area contributed by atoms with E-state index in [4.69, 9.17) is 0 Å². The second-order valence-corrected chi connectivity index (χ2v) is 7.16. The fourth-order valence-corrected chi connectivity index (χ4v) is 2.31. The van der Waals surface area contributed by atoms with Gasteiger partial charge in [-0.2, -0.15) is 0 Å². The Bertz CT molecular complexity index is 668. The van der Waals surface area contributed by atoms with Gasteiger partial charge in [-0.15, -0.1) is 0 Å². The first-order valence-corrected chi connectivity index (χ1v) is 9.00. The summed E-state index contributed by atoms with van der Waals surface area (Å²) in [5, 5.41) is 18.4. The molecule has 0 unspecified atom stereocenters. The zero-order valence-corrected chi connectivity index (χ0v) is 16.8. The van der Waals surface area contributed by atoms with Crippen LogP contribution in [0.1, 0.15) is 38.1 Å². The topological polar surface area (TPSA) is 106 Å². The van der Waals surface area contributed by atoms with Gasteiger partial charge in [-0.1, -0.05) is 12.1 Å². The summed E-state index contributed by atoms with van der Waals surface area (Å²) in [7, 11) is 1.78. The number of benzene rings is 1. The summed E-state index contributed by atoms with van der Waals surface area (Å²) in [4.78, 5) is 30.3. The zero-order valence-electron chi connectivity index (χ0n) is 16.8. The lowest BCUT2D eigenvalue weighted by molar-refractivity contribution is -0.122. The van der Waals surface area contributed by atoms with Crippen molar-refractivity contribution >= 4 is 17.8 Å². The van der Waals surface area contributed by atoms with Crippen LogP contribution in [0.4, 0.5) is 0 Å². The second kappa shape index (κ2) is 10.4. The van der Waals surface area contributed by atoms with Crippen LogP contribution in [-0.4, -0.2) is 66.5 Å². The molecule has 0 aromatic heterocycles. The van der Waals surface area contributed by atoms with E-state index >= 15 is 0 Å². The van der Waals surface area contributed by atoms with E-state index in [1.54, 1.807) is 30.1 Å². The monoisotopic (exact) mass is 377 g/mol. The number of nitrogens with one attached hydrogen (secondary N) is 3. The first-order valence-electron chi connectivity index (χ1n) is 9.00. The maximum absolute atomic E-state index is 12.1. The third kappa shape index (κ3) is 8.44. The normalized spacial score (nSPS) is 11.7. The SMILES string of the molecule is CCNC(=NCCNC(=O)c1ccccc1O)N(C)CC(=O)NC(C)(C)C. The first kappa shape index (κ1) is 22.3. The number of amides is 2. The zero-order chi connectivity index (χ0) is 20.4. The molecule has 0 saturated heterocycles. The lowest BCUT2D eigenvalue weighted by Crippen LogP contribution is -2.48. The van der Waals surface area contributed by atoms with E-state index in [0.29, 0.717) is 25.6 Å². The van der Waals surface area contributed by atoms with Gasteiger partial charge < -0.3 is 26.0 Å². The number of phenols is 1. The van der Waals surface area contributed by atoms with Crippen molar-refractivity contribution in [2.75, 3.05) is 33.2 Å². The number of carbonyl (C=O) groups is 2. The Kier molecular flexibility index (Phi) is 8.58. The second-order valence-electron chi connectivity index (χ2n) is 7.16. The van der Waals surface area contributed by atoms with Crippen molar-refractivity contribution in [3.05, 3.63) is 29.8 Å². The molecule has 1 aromatic rings. The number of likely N-dealkylation sites (N-methyl/N-ethyl adjacent to an activating group) is 1. The summed E-state index contributed by atoms with van der Waals surface area (Å²) in [6.45, 7) is 9.21. The van der Waals surface area contributed by atoms with Gasteiger partial charge in [-0.25, -0.2) is 0 Å². The number of aliphatic imine (C=N–C) groups is 1. The molecule has 0 fully saturated rings. The molecule has 8 heteroatoms. The molecule has 0 spiro atoms. The summed E-state index contributed by atoms with van der Waals surface area (Å²) in [6.07, 6.45) is 0. The van der Waals surface area contributed by atoms with Crippen LogP contribution >= 0.6 is 0 Å². The molecule has 0 saturated carbocycles. The van der Waals surface area contributed by atoms with E-state index in [1.807, 2.05) is 27.7 Å². The highest BCUT2D eigenvalue weighted by Gasteiger charge is 2.16. The minimum Gasteiger partial charge on any atom is -0.507 e. The number of hydrogen-bond donors (Lipinski definition) is 4. The Labute approximate surface area is 161 Å². The van der Waals surface area contributed by atoms with E-state index in [2.05, 4.69) is 20.9 Å². The minimum atomic E-state index is -0.355. The molecule has 150 valence electrons. The molecule has 2 amide bonds. The summed E-state index contributed by atoms with van der Waals surface area (Å²) in [5.74, 6) is 0.0736. The third-order valence-electron chi connectivity index (χ3n) is 3.40. The molecule has 27 heavy (non-hydrogen) atoms. The number of hydrogen-bond acceptors (Lipinski definition) is 4. The van der Waals surface area contributed by atoms with Crippen LogP contribution in [0, 0.1) is 0 Å². The standard InChI is InChI=1S/C19H31N5O3/c1-6-20-18(24(5)13-16(26)23-19(2,3)4)22-12-11-21-17(27)14-9-7-8-10-15(14)25/h7-10,25H,6,11-13H2,1-5H3,(H,20,22)(H,21,27)(H,23,26). The van der Waals surface area contributed by atoms with Gasteiger partial charge in [0.05, 0.1) is 18.7 Å². The lowest BCUT2D eigenvalue weighted by Gasteiger charge is -2.25. The molecule has 0 aliphatic carbocycles. The predicted molar refractivity (Wildman–Crippen MR) is 107 cm³/mol. The number of rotatable bonds is 7. The van der Waals surface area contributed by atoms with Crippen LogP contribution in [-0.2, 0) is 4.79 Å². The molecular formula is C19H31N5O3. The maximum Gasteiger partial charge on any atom is 0.255 e. The maximum atomic E-state index is 12.1. The first-order chi connectivity index (χ1) is 12.6. The average molecular weight is 377 g/mol. The number of aromatic hydroxyl groups is 1. The summed E-state index contributed by atoms with van der Waals surface area (Å²) in [5.41, 5.74) is -0.0647. The van der Waals surface area contributed by atoms with Crippen LogP contribution in [0.5, 0.6) is 5.75 Å². The minimum absolute atomic E-state index is 0.0589. The molecule has 1 aromatic carbocycles. The fourth-order valence-electron chi connectivity index (χ4n) is 2.31. The molecular weight excluding hydrogens is 346 g/mol. The lowest BCUT2D eigenvalue weighted by atomic mass is 10.1. The number of para-hydroxylation sites is 1. The molecule has 0 aliphatic rings. The number of carbonyl (C=O) groups excluding carboxylic acids is 2. The summed E-state index contributed by atoms with van der Waals surface area (Å²) in [6, 6.07) is 6.37. The molecule has 0 atom stereocenters. The van der Waals surface area contributed by atoms with Crippen molar-refractivity contribution in [1.82, 2.24) is 20.9 Å². The Morgan fingerprint density at radius 1 is 1.19 bits per heavy atom. The number of nitrogens with zero attached hydrogens (tertiary/aromatic N) is 2. The van der Waals surface area contributed by atoms with E-state index in [0.717, 1.165) is 0 Å². The van der Waals surface area contributed by atoms with Crippen molar-refractivity contribution in [3.63, 3.8) is 0 Å². The Balaban J connectivity index is 2.56. The van der Waals surface area contributed by atoms with Crippen molar-refractivity contribution < 1.29 is 14.7 Å². The summed E-state index contributed by atoms with van der Waals surface area (Å²) < 4.78 is 0. The quantitative estimate of drug-likeness (QED) is 0.321. The highest BCUT2D eigenvalue weighted by molar-refractivity contribution is 5.96. The van der Waals surface area contributed by atoms with Gasteiger partial charge in [0, 0.05) is 25.7 Å². The van der Waals surface area contributed by atoms with Gasteiger partial charge in [-0.3, -0.25) is 14.6 Å². The van der Waals surface area contributed by atoms with Crippen molar-refractivity contribution in [2.24, 2.45) is 4.99 Å². The van der Waals surface area contributed by atoms with E-state index in [9.17, 15) is 14.7 Å². The van der Waals surface area contributed by atoms with Crippen molar-refractivity contribution in [1.29, 1.82) is 0 Å². The van der Waals surface area contributed by atoms with Gasteiger partial charge in [0.15, 0.2) is 5.96 Å². The highest BCUT2D eigenvalue weighted by Crippen LogP contribution is 2.14. The Hall–Kier alpha value is -2.77. The van der Waals surface area contributed by atoms with Gasteiger partial charge in [0.25, 0.3) is 5.91 Å². The van der Waals surface area contributed by atoms with E-state index < -0.39 is 0 Å². The Morgan fingerprint density at radius 3 is 2.44 bits per heavy atom. The van der Waals surface area contributed by atoms with E-state index in [1.165, 1.54) is 6.07 Å². The fraction of sp³-hybridized carbons (Fsp3) is 0.526. The van der Waals surface area contributed by atoms with E-state index in [-0.39, 0.29) is 35.2 Å². The molecule has 4 N–H and O–H groups in total. The van der Waals surface area contributed by atoms with Crippen LogP contribution in [0.15, 0.2) is 29.3 Å². The molecule has 0 aliphatic heterocycles. The third-order valence-corrected chi connectivity index (χ3v) is 3.40. The molecule has 0 radical (unpaired) electrons. The van der Waals surface area contributed by atoms with Crippen LogP contribution < -0.4 is 16.0 Å². The smallest absolute Gasteiger partial charge is 0.255 e. The average Bonchev–Trinajstić information content (AvgIpc) is 2.55. The van der Waals surface area contributed by atoms with Crippen LogP contribution in [0.2, 0.25) is 0 Å². The summed E-state index contributed by atoms with van der Waals surface area (Å²) >= 11 is 0. The largest absolute Gasteiger partial charge is 0.507 e. The van der Waals surface area contributed by atoms with Crippen LogP contribution in [0.3, 0.4) is 0 Å².